The van der Waals surface area contributed by atoms with Crippen LogP contribution >= 0.6 is 23.7 Å². The lowest BCUT2D eigenvalue weighted by Crippen LogP contribution is -2.29. The van der Waals surface area contributed by atoms with E-state index in [1.165, 1.54) is 0 Å². The summed E-state index contributed by atoms with van der Waals surface area (Å²) in [5.41, 5.74) is 6.06. The number of halogens is 1. The molecule has 0 saturated carbocycles. The number of nitrogens with two attached hydrogens (primary N) is 1. The van der Waals surface area contributed by atoms with E-state index < -0.39 is 0 Å². The van der Waals surface area contributed by atoms with E-state index in [1.807, 2.05) is 19.9 Å². The molecule has 0 saturated heterocycles. The summed E-state index contributed by atoms with van der Waals surface area (Å²) in [6, 6.07) is 1.91. The van der Waals surface area contributed by atoms with Crippen LogP contribution in [0, 0.1) is 13.8 Å². The zero-order chi connectivity index (χ0) is 9.84. The van der Waals surface area contributed by atoms with Crippen molar-refractivity contribution < 1.29 is 4.79 Å². The van der Waals surface area contributed by atoms with Gasteiger partial charge in [0.25, 0.3) is 5.91 Å². The maximum Gasteiger partial charge on any atom is 0.252 e. The largest absolute Gasteiger partial charge is 0.351 e. The lowest BCUT2D eigenvalue weighted by atomic mass is 10.2. The van der Waals surface area contributed by atoms with E-state index >= 15 is 0 Å². The Hall–Kier alpha value is -0.580. The molecule has 1 heterocycles. The Morgan fingerprint density at radius 2 is 2.21 bits per heavy atom. The monoisotopic (exact) mass is 234 g/mol. The van der Waals surface area contributed by atoms with Gasteiger partial charge in [-0.3, -0.25) is 4.79 Å². The Kier molecular flexibility index (Phi) is 5.76. The lowest BCUT2D eigenvalue weighted by Gasteiger charge is -2.01. The van der Waals surface area contributed by atoms with E-state index in [1.54, 1.807) is 11.3 Å². The summed E-state index contributed by atoms with van der Waals surface area (Å²) < 4.78 is 0. The highest BCUT2D eigenvalue weighted by Gasteiger charge is 2.10. The molecule has 0 radical (unpaired) electrons. The molecule has 3 nitrogen and oxygen atoms in total. The summed E-state index contributed by atoms with van der Waals surface area (Å²) in [6.07, 6.45) is 0. The van der Waals surface area contributed by atoms with Crippen LogP contribution < -0.4 is 11.1 Å². The fourth-order valence-corrected chi connectivity index (χ4v) is 2.06. The minimum Gasteiger partial charge on any atom is -0.351 e. The van der Waals surface area contributed by atoms with Crippen molar-refractivity contribution in [2.45, 2.75) is 13.8 Å². The molecule has 3 N–H and O–H groups in total. The summed E-state index contributed by atoms with van der Waals surface area (Å²) in [5, 5.41) is 2.75. The van der Waals surface area contributed by atoms with Crippen LogP contribution in [0.4, 0.5) is 0 Å². The van der Waals surface area contributed by atoms with E-state index in [9.17, 15) is 4.79 Å². The van der Waals surface area contributed by atoms with Gasteiger partial charge < -0.3 is 11.1 Å². The van der Waals surface area contributed by atoms with Gasteiger partial charge >= 0.3 is 0 Å². The summed E-state index contributed by atoms with van der Waals surface area (Å²) in [7, 11) is 0. The second-order valence-corrected chi connectivity index (χ2v) is 4.33. The minimum atomic E-state index is -0.0210. The van der Waals surface area contributed by atoms with Gasteiger partial charge in [-0.15, -0.1) is 23.7 Å². The number of aryl methyl sites for hydroxylation is 2. The number of amides is 1. The van der Waals surface area contributed by atoms with Crippen molar-refractivity contribution in [3.63, 3.8) is 0 Å². The first-order valence-electron chi connectivity index (χ1n) is 4.20. The van der Waals surface area contributed by atoms with Crippen LogP contribution in [0.25, 0.3) is 0 Å². The van der Waals surface area contributed by atoms with E-state index in [-0.39, 0.29) is 18.3 Å². The van der Waals surface area contributed by atoms with E-state index in [2.05, 4.69) is 5.32 Å². The maximum atomic E-state index is 11.5. The van der Waals surface area contributed by atoms with Crippen LogP contribution in [-0.4, -0.2) is 19.0 Å². The van der Waals surface area contributed by atoms with Gasteiger partial charge in [-0.1, -0.05) is 0 Å². The van der Waals surface area contributed by atoms with E-state index in [0.717, 1.165) is 15.3 Å². The molecule has 1 rings (SSSR count). The summed E-state index contributed by atoms with van der Waals surface area (Å²) in [5.74, 6) is -0.0210. The Morgan fingerprint density at radius 1 is 1.57 bits per heavy atom. The van der Waals surface area contributed by atoms with Gasteiger partial charge in [0.2, 0.25) is 0 Å². The van der Waals surface area contributed by atoms with Crippen molar-refractivity contribution in [1.29, 1.82) is 0 Å². The second kappa shape index (κ2) is 6.01. The topological polar surface area (TPSA) is 55.1 Å². The lowest BCUT2D eigenvalue weighted by molar-refractivity contribution is 0.0954. The van der Waals surface area contributed by atoms with E-state index in [0.29, 0.717) is 13.1 Å². The molecule has 0 fully saturated rings. The third kappa shape index (κ3) is 3.29. The highest BCUT2D eigenvalue weighted by Crippen LogP contribution is 2.20. The Balaban J connectivity index is 0.00000169. The molecule has 14 heavy (non-hydrogen) atoms. The van der Waals surface area contributed by atoms with Crippen molar-refractivity contribution in [2.24, 2.45) is 5.73 Å². The van der Waals surface area contributed by atoms with Gasteiger partial charge in [0.1, 0.15) is 0 Å². The normalized spacial score (nSPS) is 9.36. The molecule has 80 valence electrons. The Bertz CT molecular complexity index is 312. The van der Waals surface area contributed by atoms with Crippen molar-refractivity contribution in [1.82, 2.24) is 5.32 Å². The third-order valence-electron chi connectivity index (χ3n) is 1.72. The molecule has 0 unspecified atom stereocenters. The highest BCUT2D eigenvalue weighted by molar-refractivity contribution is 7.12. The quantitative estimate of drug-likeness (QED) is 0.833. The van der Waals surface area contributed by atoms with Crippen molar-refractivity contribution in [3.05, 3.63) is 21.4 Å². The molecule has 1 aromatic heterocycles. The summed E-state index contributed by atoms with van der Waals surface area (Å²) in [4.78, 5) is 13.7. The fourth-order valence-electron chi connectivity index (χ4n) is 1.14. The molecule has 1 amide bonds. The average molecular weight is 235 g/mol. The smallest absolute Gasteiger partial charge is 0.252 e. The number of carbonyl (C=O) groups is 1. The first kappa shape index (κ1) is 13.4. The van der Waals surface area contributed by atoms with Crippen molar-refractivity contribution >= 4 is 29.7 Å². The van der Waals surface area contributed by atoms with Gasteiger partial charge in [0, 0.05) is 22.8 Å². The van der Waals surface area contributed by atoms with Crippen LogP contribution in [0.2, 0.25) is 0 Å². The van der Waals surface area contributed by atoms with Gasteiger partial charge in [0.15, 0.2) is 0 Å². The van der Waals surface area contributed by atoms with Gasteiger partial charge in [0.05, 0.1) is 5.56 Å². The van der Waals surface area contributed by atoms with Gasteiger partial charge in [-0.25, -0.2) is 0 Å². The predicted octanol–water partition coefficient (Wildman–Crippen LogP) is 1.48. The molecule has 0 atom stereocenters. The summed E-state index contributed by atoms with van der Waals surface area (Å²) >= 11 is 1.64. The van der Waals surface area contributed by atoms with Crippen LogP contribution in [0.1, 0.15) is 20.1 Å². The molecule has 0 bridgehead atoms. The van der Waals surface area contributed by atoms with Crippen molar-refractivity contribution in [2.75, 3.05) is 13.1 Å². The number of hydrogen-bond donors (Lipinski definition) is 2. The van der Waals surface area contributed by atoms with E-state index in [4.69, 9.17) is 5.73 Å². The molecule has 5 heteroatoms. The molecular weight excluding hydrogens is 220 g/mol. The average Bonchev–Trinajstić information content (AvgIpc) is 2.41. The minimum absolute atomic E-state index is 0. The van der Waals surface area contributed by atoms with Crippen LogP contribution in [0.15, 0.2) is 6.07 Å². The van der Waals surface area contributed by atoms with Gasteiger partial charge in [-0.2, -0.15) is 0 Å². The zero-order valence-corrected chi connectivity index (χ0v) is 9.93. The molecule has 0 aliphatic carbocycles. The number of hydrogen-bond acceptors (Lipinski definition) is 3. The van der Waals surface area contributed by atoms with Crippen LogP contribution in [0.3, 0.4) is 0 Å². The maximum absolute atomic E-state index is 11.5. The predicted molar refractivity (Wildman–Crippen MR) is 62.4 cm³/mol. The second-order valence-electron chi connectivity index (χ2n) is 2.87. The number of thiophene rings is 1. The molecule has 0 aliphatic rings. The summed E-state index contributed by atoms with van der Waals surface area (Å²) in [6.45, 7) is 4.97. The van der Waals surface area contributed by atoms with Crippen LogP contribution in [0.5, 0.6) is 0 Å². The molecule has 0 aromatic carbocycles. The van der Waals surface area contributed by atoms with Crippen molar-refractivity contribution in [3.8, 4) is 0 Å². The number of rotatable bonds is 3. The highest BCUT2D eigenvalue weighted by atomic mass is 35.5. The molecular formula is C9H15ClN2OS. The zero-order valence-electron chi connectivity index (χ0n) is 8.29. The third-order valence-corrected chi connectivity index (χ3v) is 2.68. The van der Waals surface area contributed by atoms with Crippen LogP contribution in [-0.2, 0) is 0 Å². The molecule has 1 aromatic rings. The first-order chi connectivity index (χ1) is 6.15. The molecule has 0 spiro atoms. The Morgan fingerprint density at radius 3 is 2.64 bits per heavy atom. The number of nitrogens with one attached hydrogen (secondary N) is 1. The number of carbonyl (C=O) groups excluding carboxylic acids is 1. The fraction of sp³-hybridized carbons (Fsp3) is 0.444. The Labute approximate surface area is 94.1 Å². The SMILES string of the molecule is Cc1cc(C(=O)NCCN)c(C)s1.Cl. The molecule has 0 aliphatic heterocycles. The van der Waals surface area contributed by atoms with Gasteiger partial charge in [-0.05, 0) is 19.9 Å². The standard InChI is InChI=1S/C9H14N2OS.ClH/c1-6-5-8(7(2)13-6)9(12)11-4-3-10;/h5H,3-4,10H2,1-2H3,(H,11,12);1H. The first-order valence-corrected chi connectivity index (χ1v) is 5.02.